The van der Waals surface area contributed by atoms with Gasteiger partial charge in [0.25, 0.3) is 0 Å². The van der Waals surface area contributed by atoms with Crippen LogP contribution in [0, 0.1) is 5.92 Å². The van der Waals surface area contributed by atoms with E-state index < -0.39 is 0 Å². The van der Waals surface area contributed by atoms with E-state index in [1.807, 2.05) is 39.8 Å². The predicted octanol–water partition coefficient (Wildman–Crippen LogP) is 5.93. The molecule has 0 radical (unpaired) electrons. The molecule has 0 aromatic carbocycles. The molecule has 1 aromatic rings. The van der Waals surface area contributed by atoms with Crippen LogP contribution < -0.4 is 0 Å². The number of aliphatic hydroxyl groups excluding tert-OH is 1. The number of hydrogen-bond acceptors (Lipinski definition) is 4. The fourth-order valence-electron chi connectivity index (χ4n) is 2.15. The number of carbonyl (C=O) groups is 1. The number of aliphatic hydroxyl groups is 1. The number of hydrogen-bond donors (Lipinski definition) is 1. The predicted molar refractivity (Wildman–Crippen MR) is 106 cm³/mol. The number of carbonyl (C=O) groups excluding carboxylic acids is 1. The lowest BCUT2D eigenvalue weighted by atomic mass is 10.1. The first kappa shape index (κ1) is 25.7. The maximum atomic E-state index is 11.0. The van der Waals surface area contributed by atoms with Gasteiger partial charge >= 0.3 is 5.97 Å². The van der Waals surface area contributed by atoms with Gasteiger partial charge < -0.3 is 9.84 Å². The standard InChI is InChI=1S/C9H12O2S.C6H11ClO.2C2H6/c1-3-4-7-5-6-8(12-7)9(10)11-2;7-6-2-1-5(3-6)4-8;2*1-2/h5-6H,3-4H2,1-2H3;5-6,8H,1-4H2;2*1-2H3. The number of esters is 1. The fourth-order valence-corrected chi connectivity index (χ4v) is 3.55. The van der Waals surface area contributed by atoms with Crippen molar-refractivity contribution < 1.29 is 14.6 Å². The van der Waals surface area contributed by atoms with Crippen LogP contribution in [-0.2, 0) is 11.2 Å². The molecule has 142 valence electrons. The Labute approximate surface area is 157 Å². The minimum atomic E-state index is -0.234. The largest absolute Gasteiger partial charge is 0.465 e. The van der Waals surface area contributed by atoms with Gasteiger partial charge in [0.15, 0.2) is 0 Å². The molecular formula is C19H35ClO3S. The summed E-state index contributed by atoms with van der Waals surface area (Å²) < 4.78 is 4.60. The van der Waals surface area contributed by atoms with Gasteiger partial charge in [-0.3, -0.25) is 0 Å². The molecule has 1 aliphatic carbocycles. The van der Waals surface area contributed by atoms with Gasteiger partial charge in [0, 0.05) is 16.9 Å². The Morgan fingerprint density at radius 1 is 1.29 bits per heavy atom. The number of ether oxygens (including phenoxy) is 1. The van der Waals surface area contributed by atoms with Crippen molar-refractivity contribution in [2.24, 2.45) is 5.92 Å². The summed E-state index contributed by atoms with van der Waals surface area (Å²) in [5.41, 5.74) is 0. The second-order valence-corrected chi connectivity index (χ2v) is 6.75. The lowest BCUT2D eigenvalue weighted by Gasteiger charge is -2.00. The van der Waals surface area contributed by atoms with E-state index in [2.05, 4.69) is 11.7 Å². The summed E-state index contributed by atoms with van der Waals surface area (Å²) in [6, 6.07) is 3.81. The summed E-state index contributed by atoms with van der Waals surface area (Å²) >= 11 is 7.29. The Balaban J connectivity index is 0. The Hall–Kier alpha value is -0.580. The molecule has 1 aromatic heterocycles. The molecule has 1 N–H and O–H groups in total. The zero-order valence-electron chi connectivity index (χ0n) is 16.1. The van der Waals surface area contributed by atoms with E-state index in [1.165, 1.54) is 23.3 Å². The van der Waals surface area contributed by atoms with Crippen LogP contribution in [0.25, 0.3) is 0 Å². The Kier molecular flexibility index (Phi) is 18.4. The Morgan fingerprint density at radius 2 is 1.92 bits per heavy atom. The molecule has 0 amide bonds. The molecule has 5 heteroatoms. The van der Waals surface area contributed by atoms with Gasteiger partial charge in [-0.05, 0) is 43.7 Å². The smallest absolute Gasteiger partial charge is 0.348 e. The maximum absolute atomic E-state index is 11.0. The highest BCUT2D eigenvalue weighted by Crippen LogP contribution is 2.28. The van der Waals surface area contributed by atoms with Crippen molar-refractivity contribution in [3.05, 3.63) is 21.9 Å². The zero-order chi connectivity index (χ0) is 19.0. The van der Waals surface area contributed by atoms with Gasteiger partial charge in [-0.1, -0.05) is 41.0 Å². The van der Waals surface area contributed by atoms with E-state index in [0.29, 0.717) is 22.8 Å². The van der Waals surface area contributed by atoms with Crippen molar-refractivity contribution >= 4 is 28.9 Å². The molecule has 1 saturated carbocycles. The van der Waals surface area contributed by atoms with Gasteiger partial charge in [-0.2, -0.15) is 0 Å². The lowest BCUT2D eigenvalue weighted by molar-refractivity contribution is 0.0606. The summed E-state index contributed by atoms with van der Waals surface area (Å²) in [7, 11) is 1.40. The molecule has 1 heterocycles. The second kappa shape index (κ2) is 17.2. The molecule has 0 bridgehead atoms. The van der Waals surface area contributed by atoms with Gasteiger partial charge in [0.1, 0.15) is 4.88 Å². The molecule has 0 aliphatic heterocycles. The number of halogens is 1. The van der Waals surface area contributed by atoms with Crippen LogP contribution >= 0.6 is 22.9 Å². The summed E-state index contributed by atoms with van der Waals surface area (Å²) in [6.07, 6.45) is 5.37. The van der Waals surface area contributed by atoms with Crippen molar-refractivity contribution in [1.29, 1.82) is 0 Å². The topological polar surface area (TPSA) is 46.5 Å². The third-order valence-corrected chi connectivity index (χ3v) is 4.80. The average molecular weight is 379 g/mol. The van der Waals surface area contributed by atoms with Crippen molar-refractivity contribution in [1.82, 2.24) is 0 Å². The summed E-state index contributed by atoms with van der Waals surface area (Å²) in [5, 5.41) is 8.97. The summed E-state index contributed by atoms with van der Waals surface area (Å²) in [5.74, 6) is 0.264. The minimum Gasteiger partial charge on any atom is -0.465 e. The maximum Gasteiger partial charge on any atom is 0.348 e. The highest BCUT2D eigenvalue weighted by molar-refractivity contribution is 7.13. The van der Waals surface area contributed by atoms with E-state index in [1.54, 1.807) is 0 Å². The third-order valence-electron chi connectivity index (χ3n) is 3.28. The first-order chi connectivity index (χ1) is 11.6. The molecule has 3 nitrogen and oxygen atoms in total. The minimum absolute atomic E-state index is 0.234. The second-order valence-electron chi connectivity index (χ2n) is 4.97. The summed E-state index contributed by atoms with van der Waals surface area (Å²) in [4.78, 5) is 13.0. The summed E-state index contributed by atoms with van der Waals surface area (Å²) in [6.45, 7) is 10.4. The van der Waals surface area contributed by atoms with E-state index in [9.17, 15) is 4.79 Å². The van der Waals surface area contributed by atoms with E-state index in [4.69, 9.17) is 16.7 Å². The molecular weight excluding hydrogens is 344 g/mol. The molecule has 2 unspecified atom stereocenters. The Morgan fingerprint density at radius 3 is 2.29 bits per heavy atom. The number of thiophene rings is 1. The zero-order valence-corrected chi connectivity index (χ0v) is 17.7. The van der Waals surface area contributed by atoms with E-state index in [0.717, 1.165) is 32.1 Å². The Bertz CT molecular complexity index is 407. The normalized spacial score (nSPS) is 18.2. The van der Waals surface area contributed by atoms with Gasteiger partial charge in [-0.25, -0.2) is 4.79 Å². The molecule has 1 aliphatic rings. The van der Waals surface area contributed by atoms with Crippen LogP contribution in [0.15, 0.2) is 12.1 Å². The molecule has 2 rings (SSSR count). The first-order valence-corrected chi connectivity index (χ1v) is 10.3. The van der Waals surface area contributed by atoms with Crippen LogP contribution in [0.5, 0.6) is 0 Å². The van der Waals surface area contributed by atoms with Gasteiger partial charge in [0.05, 0.1) is 7.11 Å². The van der Waals surface area contributed by atoms with Crippen LogP contribution in [-0.4, -0.2) is 30.2 Å². The van der Waals surface area contributed by atoms with Crippen LogP contribution in [0.2, 0.25) is 0 Å². The quantitative estimate of drug-likeness (QED) is 0.522. The van der Waals surface area contributed by atoms with Crippen molar-refractivity contribution in [2.75, 3.05) is 13.7 Å². The van der Waals surface area contributed by atoms with Crippen molar-refractivity contribution in [3.8, 4) is 0 Å². The number of methoxy groups -OCH3 is 1. The van der Waals surface area contributed by atoms with Crippen molar-refractivity contribution in [3.63, 3.8) is 0 Å². The number of rotatable bonds is 4. The fraction of sp³-hybridized carbons (Fsp3) is 0.737. The van der Waals surface area contributed by atoms with E-state index >= 15 is 0 Å². The average Bonchev–Trinajstić information content (AvgIpc) is 3.27. The van der Waals surface area contributed by atoms with Gasteiger partial charge in [0.2, 0.25) is 0 Å². The van der Waals surface area contributed by atoms with E-state index in [-0.39, 0.29) is 5.97 Å². The molecule has 24 heavy (non-hydrogen) atoms. The molecule has 0 spiro atoms. The van der Waals surface area contributed by atoms with Crippen LogP contribution in [0.3, 0.4) is 0 Å². The van der Waals surface area contributed by atoms with Crippen LogP contribution in [0.4, 0.5) is 0 Å². The SMILES string of the molecule is CC.CC.CCCc1ccc(C(=O)OC)s1.OCC1CCC(Cl)C1. The monoisotopic (exact) mass is 378 g/mol. The number of aryl methyl sites for hydroxylation is 1. The molecule has 1 fully saturated rings. The lowest BCUT2D eigenvalue weighted by Crippen LogP contribution is -1.99. The van der Waals surface area contributed by atoms with Crippen LogP contribution in [0.1, 0.15) is 74.9 Å². The molecule has 2 atom stereocenters. The molecule has 0 saturated heterocycles. The van der Waals surface area contributed by atoms with Gasteiger partial charge in [-0.15, -0.1) is 22.9 Å². The van der Waals surface area contributed by atoms with Crippen molar-refractivity contribution in [2.45, 2.75) is 72.1 Å². The first-order valence-electron chi connectivity index (χ1n) is 9.02. The highest BCUT2D eigenvalue weighted by atomic mass is 35.5. The number of alkyl halides is 1. The third kappa shape index (κ3) is 11.1. The highest BCUT2D eigenvalue weighted by Gasteiger charge is 2.21.